The molecule has 0 amide bonds. The van der Waals surface area contributed by atoms with Gasteiger partial charge in [-0.05, 0) is 35.7 Å². The third-order valence-corrected chi connectivity index (χ3v) is 3.50. The fourth-order valence-electron chi connectivity index (χ4n) is 1.89. The number of rotatable bonds is 4. The molecule has 0 radical (unpaired) electrons. The maximum absolute atomic E-state index is 4.26. The number of piperidine rings is 1. The van der Waals surface area contributed by atoms with Crippen LogP contribution in [0.2, 0.25) is 0 Å². The van der Waals surface area contributed by atoms with Crippen LogP contribution in [-0.4, -0.2) is 34.6 Å². The summed E-state index contributed by atoms with van der Waals surface area (Å²) in [5, 5.41) is 5.41. The van der Waals surface area contributed by atoms with Crippen LogP contribution in [0.3, 0.4) is 0 Å². The van der Waals surface area contributed by atoms with Gasteiger partial charge in [0.15, 0.2) is 5.82 Å². The highest BCUT2D eigenvalue weighted by Crippen LogP contribution is 2.27. The van der Waals surface area contributed by atoms with Gasteiger partial charge in [0.05, 0.1) is 0 Å². The molecule has 0 aliphatic carbocycles. The number of hydrazine groups is 1. The molecule has 1 aromatic rings. The average molecular weight is 300 g/mol. The van der Waals surface area contributed by atoms with Gasteiger partial charge in [-0.3, -0.25) is 0 Å². The topological polar surface area (TPSA) is 53.1 Å². The summed E-state index contributed by atoms with van der Waals surface area (Å²) in [6.07, 6.45) is 5.40. The van der Waals surface area contributed by atoms with Crippen molar-refractivity contribution in [3.8, 4) is 0 Å². The number of halogens is 1. The number of aromatic nitrogens is 2. The number of nitrogens with zero attached hydrogens (tertiary/aromatic N) is 3. The van der Waals surface area contributed by atoms with E-state index in [1.54, 1.807) is 6.33 Å². The molecule has 1 aliphatic rings. The van der Waals surface area contributed by atoms with Crippen LogP contribution in [0.15, 0.2) is 10.8 Å². The summed E-state index contributed by atoms with van der Waals surface area (Å²) >= 11 is 3.53. The van der Waals surface area contributed by atoms with Gasteiger partial charge < -0.3 is 10.7 Å². The summed E-state index contributed by atoms with van der Waals surface area (Å²) in [7, 11) is 0. The van der Waals surface area contributed by atoms with Gasteiger partial charge in [0, 0.05) is 19.6 Å². The molecule has 1 aromatic heterocycles. The summed E-state index contributed by atoms with van der Waals surface area (Å²) in [6.45, 7) is 5.05. The summed E-state index contributed by atoms with van der Waals surface area (Å²) in [5.74, 6) is 1.67. The Labute approximate surface area is 110 Å². The van der Waals surface area contributed by atoms with Crippen LogP contribution < -0.4 is 10.7 Å². The van der Waals surface area contributed by atoms with Crippen LogP contribution in [-0.2, 0) is 0 Å². The Morgan fingerprint density at radius 1 is 1.24 bits per heavy atom. The average Bonchev–Trinajstić information content (AvgIpc) is 2.36. The van der Waals surface area contributed by atoms with Crippen LogP contribution in [0.25, 0.3) is 0 Å². The quantitative estimate of drug-likeness (QED) is 0.894. The Kier molecular flexibility index (Phi) is 4.56. The number of nitrogens with one attached hydrogen (secondary N) is 2. The van der Waals surface area contributed by atoms with E-state index >= 15 is 0 Å². The van der Waals surface area contributed by atoms with E-state index in [2.05, 4.69) is 41.6 Å². The van der Waals surface area contributed by atoms with E-state index < -0.39 is 0 Å². The molecule has 6 heteroatoms. The summed E-state index contributed by atoms with van der Waals surface area (Å²) in [4.78, 5) is 8.46. The van der Waals surface area contributed by atoms with Crippen molar-refractivity contribution in [2.75, 3.05) is 30.4 Å². The lowest BCUT2D eigenvalue weighted by Gasteiger charge is -2.27. The second-order valence-corrected chi connectivity index (χ2v) is 4.87. The van der Waals surface area contributed by atoms with Gasteiger partial charge in [0.2, 0.25) is 0 Å². The molecule has 94 valence electrons. The van der Waals surface area contributed by atoms with Gasteiger partial charge in [-0.25, -0.2) is 15.0 Å². The van der Waals surface area contributed by atoms with Crippen molar-refractivity contribution in [1.29, 1.82) is 0 Å². The fraction of sp³-hybridized carbons (Fsp3) is 0.636. The van der Waals surface area contributed by atoms with Crippen molar-refractivity contribution >= 4 is 27.6 Å². The predicted molar refractivity (Wildman–Crippen MR) is 72.9 cm³/mol. The Balaban J connectivity index is 2.06. The number of hydrogen-bond donors (Lipinski definition) is 2. The summed E-state index contributed by atoms with van der Waals surface area (Å²) in [6, 6.07) is 0. The largest absolute Gasteiger partial charge is 0.369 e. The normalized spacial score (nSPS) is 16.8. The van der Waals surface area contributed by atoms with Gasteiger partial charge >= 0.3 is 0 Å². The maximum atomic E-state index is 4.26. The van der Waals surface area contributed by atoms with Crippen molar-refractivity contribution < 1.29 is 0 Å². The molecule has 17 heavy (non-hydrogen) atoms. The minimum atomic E-state index is 0.831. The zero-order valence-corrected chi connectivity index (χ0v) is 11.6. The third kappa shape index (κ3) is 3.29. The van der Waals surface area contributed by atoms with Crippen LogP contribution in [0.1, 0.15) is 26.2 Å². The van der Waals surface area contributed by atoms with Crippen LogP contribution in [0.5, 0.6) is 0 Å². The molecule has 2 heterocycles. The first kappa shape index (κ1) is 12.6. The van der Waals surface area contributed by atoms with Gasteiger partial charge in [-0.1, -0.05) is 6.42 Å². The summed E-state index contributed by atoms with van der Waals surface area (Å²) in [5.41, 5.74) is 3.34. The predicted octanol–water partition coefficient (Wildman–Crippen LogP) is 2.48. The number of hydrogen-bond acceptors (Lipinski definition) is 5. The minimum Gasteiger partial charge on any atom is -0.369 e. The highest BCUT2D eigenvalue weighted by Gasteiger charge is 2.13. The lowest BCUT2D eigenvalue weighted by atomic mass is 10.2. The van der Waals surface area contributed by atoms with Crippen molar-refractivity contribution in [2.24, 2.45) is 0 Å². The van der Waals surface area contributed by atoms with E-state index in [9.17, 15) is 0 Å². The van der Waals surface area contributed by atoms with Crippen molar-refractivity contribution in [3.05, 3.63) is 10.8 Å². The fourth-order valence-corrected chi connectivity index (χ4v) is 2.33. The van der Waals surface area contributed by atoms with E-state index in [1.807, 2.05) is 6.92 Å². The molecule has 2 N–H and O–H groups in total. The number of anilines is 2. The van der Waals surface area contributed by atoms with E-state index in [0.717, 1.165) is 35.7 Å². The smallest absolute Gasteiger partial charge is 0.160 e. The van der Waals surface area contributed by atoms with Crippen LogP contribution in [0, 0.1) is 0 Å². The molecule has 0 unspecified atom stereocenters. The second-order valence-electron chi connectivity index (χ2n) is 4.07. The summed E-state index contributed by atoms with van der Waals surface area (Å²) < 4.78 is 0.896. The van der Waals surface area contributed by atoms with Crippen LogP contribution in [0.4, 0.5) is 11.6 Å². The van der Waals surface area contributed by atoms with Gasteiger partial charge in [0.1, 0.15) is 16.6 Å². The molecule has 1 aliphatic heterocycles. The molecule has 0 spiro atoms. The molecule has 0 saturated carbocycles. The van der Waals surface area contributed by atoms with E-state index in [1.165, 1.54) is 19.3 Å². The highest BCUT2D eigenvalue weighted by atomic mass is 79.9. The van der Waals surface area contributed by atoms with E-state index in [-0.39, 0.29) is 0 Å². The molecule has 5 nitrogen and oxygen atoms in total. The highest BCUT2D eigenvalue weighted by molar-refractivity contribution is 9.10. The molecule has 1 saturated heterocycles. The first-order valence-electron chi connectivity index (χ1n) is 6.07. The minimum absolute atomic E-state index is 0.831. The maximum Gasteiger partial charge on any atom is 0.160 e. The van der Waals surface area contributed by atoms with Crippen LogP contribution >= 0.6 is 15.9 Å². The monoisotopic (exact) mass is 299 g/mol. The lowest BCUT2D eigenvalue weighted by Crippen LogP contribution is -2.35. The Morgan fingerprint density at radius 3 is 2.65 bits per heavy atom. The molecule has 0 aromatic carbocycles. The molecule has 0 bridgehead atoms. The van der Waals surface area contributed by atoms with E-state index in [0.29, 0.717) is 0 Å². The molecule has 0 atom stereocenters. The zero-order chi connectivity index (χ0) is 12.1. The van der Waals surface area contributed by atoms with Gasteiger partial charge in [-0.2, -0.15) is 0 Å². The first-order valence-corrected chi connectivity index (χ1v) is 6.86. The Morgan fingerprint density at radius 2 is 1.94 bits per heavy atom. The third-order valence-electron chi connectivity index (χ3n) is 2.75. The molecule has 2 rings (SSSR count). The van der Waals surface area contributed by atoms with Gasteiger partial charge in [-0.15, -0.1) is 0 Å². The van der Waals surface area contributed by atoms with Crippen molar-refractivity contribution in [1.82, 2.24) is 15.0 Å². The first-order chi connectivity index (χ1) is 8.31. The zero-order valence-electron chi connectivity index (χ0n) is 10.0. The lowest BCUT2D eigenvalue weighted by molar-refractivity contribution is 0.272. The molecular formula is C11H18BrN5. The Hall–Kier alpha value is -0.880. The second kappa shape index (κ2) is 6.16. The van der Waals surface area contributed by atoms with Gasteiger partial charge in [0.25, 0.3) is 0 Å². The Bertz CT molecular complexity index is 365. The SMILES string of the molecule is CCNc1ncnc(NN2CCCCC2)c1Br. The molecule has 1 fully saturated rings. The molecular weight excluding hydrogens is 282 g/mol. The van der Waals surface area contributed by atoms with Crippen molar-refractivity contribution in [2.45, 2.75) is 26.2 Å². The van der Waals surface area contributed by atoms with Crippen molar-refractivity contribution in [3.63, 3.8) is 0 Å². The van der Waals surface area contributed by atoms with E-state index in [4.69, 9.17) is 0 Å². The standard InChI is InChI=1S/C11H18BrN5/c1-2-13-10-9(12)11(15-8-14-10)16-17-6-4-3-5-7-17/h8H,2-7H2,1H3,(H2,13,14,15,16).